The first-order valence-corrected chi connectivity index (χ1v) is 9.07. The zero-order chi connectivity index (χ0) is 17.6. The van der Waals surface area contributed by atoms with Crippen molar-refractivity contribution in [1.29, 1.82) is 0 Å². The fraction of sp³-hybridized carbons (Fsp3) is 0.500. The normalized spacial score (nSPS) is 24.8. The average Bonchev–Trinajstić information content (AvgIpc) is 3.17. The van der Waals surface area contributed by atoms with Crippen LogP contribution in [0.2, 0.25) is 0 Å². The first-order valence-electron chi connectivity index (χ1n) is 9.07. The molecule has 2 saturated carbocycles. The predicted molar refractivity (Wildman–Crippen MR) is 95.9 cm³/mol. The Labute approximate surface area is 147 Å². The molecule has 2 aliphatic carbocycles. The van der Waals surface area contributed by atoms with E-state index in [0.29, 0.717) is 23.1 Å². The van der Waals surface area contributed by atoms with Crippen LogP contribution in [0, 0.1) is 11.8 Å². The fourth-order valence-corrected chi connectivity index (χ4v) is 4.29. The number of amides is 1. The molecule has 1 aromatic carbocycles. The Kier molecular flexibility index (Phi) is 4.02. The van der Waals surface area contributed by atoms with Gasteiger partial charge in [0.1, 0.15) is 11.9 Å². The molecule has 2 aliphatic rings. The van der Waals surface area contributed by atoms with Crippen LogP contribution < -0.4 is 15.2 Å². The molecule has 4 rings (SSSR count). The molecule has 1 heterocycles. The number of rotatable bonds is 5. The summed E-state index contributed by atoms with van der Waals surface area (Å²) in [7, 11) is 0. The van der Waals surface area contributed by atoms with E-state index in [1.54, 1.807) is 12.3 Å². The van der Waals surface area contributed by atoms with E-state index in [9.17, 15) is 4.79 Å². The Hall–Kier alpha value is -2.30. The van der Waals surface area contributed by atoms with Gasteiger partial charge in [0.25, 0.3) is 5.91 Å². The lowest BCUT2D eigenvalue weighted by Crippen LogP contribution is -2.24. The van der Waals surface area contributed by atoms with E-state index in [0.717, 1.165) is 23.1 Å². The van der Waals surface area contributed by atoms with Gasteiger partial charge in [0.2, 0.25) is 5.88 Å². The Balaban J connectivity index is 1.73. The monoisotopic (exact) mass is 340 g/mol. The second-order valence-corrected chi connectivity index (χ2v) is 7.55. The number of hydrogen-bond donors (Lipinski definition) is 1. The summed E-state index contributed by atoms with van der Waals surface area (Å²) in [5, 5.41) is 1.75. The van der Waals surface area contributed by atoms with Gasteiger partial charge >= 0.3 is 0 Å². The topological polar surface area (TPSA) is 74.4 Å². The number of benzene rings is 1. The molecule has 0 spiro atoms. The molecule has 0 saturated heterocycles. The van der Waals surface area contributed by atoms with Gasteiger partial charge in [-0.1, -0.05) is 0 Å². The molecule has 1 aromatic heterocycles. The van der Waals surface area contributed by atoms with Crippen molar-refractivity contribution >= 4 is 16.7 Å². The quantitative estimate of drug-likeness (QED) is 0.901. The summed E-state index contributed by atoms with van der Waals surface area (Å²) in [6.45, 7) is 3.84. The predicted octanol–water partition coefficient (Wildman–Crippen LogP) is 3.69. The maximum atomic E-state index is 11.8. The van der Waals surface area contributed by atoms with Gasteiger partial charge in [-0.05, 0) is 75.0 Å². The highest BCUT2D eigenvalue weighted by atomic mass is 16.5. The Morgan fingerprint density at radius 1 is 1.28 bits per heavy atom. The molecule has 3 atom stereocenters. The average molecular weight is 340 g/mol. The van der Waals surface area contributed by atoms with Crippen molar-refractivity contribution in [2.24, 2.45) is 17.6 Å². The molecule has 132 valence electrons. The summed E-state index contributed by atoms with van der Waals surface area (Å²) in [4.78, 5) is 16.2. The van der Waals surface area contributed by atoms with E-state index < -0.39 is 5.91 Å². The van der Waals surface area contributed by atoms with Crippen LogP contribution in [0.15, 0.2) is 24.4 Å². The number of pyridine rings is 1. The van der Waals surface area contributed by atoms with Crippen molar-refractivity contribution in [2.45, 2.75) is 51.7 Å². The van der Waals surface area contributed by atoms with Crippen molar-refractivity contribution in [3.05, 3.63) is 30.0 Å². The molecular formula is C20H24N2O3. The highest BCUT2D eigenvalue weighted by Gasteiger charge is 2.41. The molecule has 25 heavy (non-hydrogen) atoms. The summed E-state index contributed by atoms with van der Waals surface area (Å²) in [6.07, 6.45) is 6.92. The molecule has 0 aliphatic heterocycles. The minimum absolute atomic E-state index is 0.0536. The molecule has 1 amide bonds. The summed E-state index contributed by atoms with van der Waals surface area (Å²) < 4.78 is 12.1. The first kappa shape index (κ1) is 16.2. The number of hydrogen-bond acceptors (Lipinski definition) is 4. The number of carbonyl (C=O) groups is 1. The third kappa shape index (κ3) is 3.03. The Bertz CT molecular complexity index is 818. The highest BCUT2D eigenvalue weighted by Crippen LogP contribution is 2.46. The van der Waals surface area contributed by atoms with E-state index in [1.165, 1.54) is 19.3 Å². The van der Waals surface area contributed by atoms with Crippen molar-refractivity contribution in [3.63, 3.8) is 0 Å². The zero-order valence-electron chi connectivity index (χ0n) is 14.7. The van der Waals surface area contributed by atoms with Gasteiger partial charge in [-0.2, -0.15) is 0 Å². The molecule has 2 bridgehead atoms. The third-order valence-corrected chi connectivity index (χ3v) is 5.39. The van der Waals surface area contributed by atoms with Crippen LogP contribution in [-0.4, -0.2) is 23.1 Å². The van der Waals surface area contributed by atoms with Gasteiger partial charge in [0.15, 0.2) is 0 Å². The first-order chi connectivity index (χ1) is 12.0. The van der Waals surface area contributed by atoms with Crippen LogP contribution >= 0.6 is 0 Å². The third-order valence-electron chi connectivity index (χ3n) is 5.39. The van der Waals surface area contributed by atoms with Gasteiger partial charge < -0.3 is 15.2 Å². The number of aromatic nitrogens is 1. The molecular weight excluding hydrogens is 316 g/mol. The van der Waals surface area contributed by atoms with Gasteiger partial charge in [0, 0.05) is 11.6 Å². The molecule has 5 nitrogen and oxygen atoms in total. The summed E-state index contributed by atoms with van der Waals surface area (Å²) in [5.41, 5.74) is 5.91. The second kappa shape index (κ2) is 6.21. The summed E-state index contributed by atoms with van der Waals surface area (Å²) in [6, 6.07) is 5.48. The van der Waals surface area contributed by atoms with E-state index in [-0.39, 0.29) is 12.2 Å². The number of carbonyl (C=O) groups excluding carboxylic acids is 1. The fourth-order valence-electron chi connectivity index (χ4n) is 4.29. The number of nitrogens with zero attached hydrogens (tertiary/aromatic N) is 1. The van der Waals surface area contributed by atoms with Crippen LogP contribution in [0.25, 0.3) is 10.8 Å². The van der Waals surface area contributed by atoms with Gasteiger partial charge in [-0.25, -0.2) is 4.98 Å². The summed E-state index contributed by atoms with van der Waals surface area (Å²) in [5.74, 6) is 2.08. The van der Waals surface area contributed by atoms with Crippen molar-refractivity contribution in [3.8, 4) is 11.6 Å². The van der Waals surface area contributed by atoms with Gasteiger partial charge in [-0.3, -0.25) is 4.79 Å². The molecule has 2 aromatic rings. The molecule has 2 fully saturated rings. The van der Waals surface area contributed by atoms with Crippen LogP contribution in [0.4, 0.5) is 0 Å². The Morgan fingerprint density at radius 2 is 2.12 bits per heavy atom. The summed E-state index contributed by atoms with van der Waals surface area (Å²) >= 11 is 0. The second-order valence-electron chi connectivity index (χ2n) is 7.55. The molecule has 5 heteroatoms. The zero-order valence-corrected chi connectivity index (χ0v) is 14.7. The number of fused-ring (bicyclic) bond motifs is 3. The molecule has 2 N–H and O–H groups in total. The molecule has 0 radical (unpaired) electrons. The minimum atomic E-state index is -0.495. The minimum Gasteiger partial charge on any atom is -0.490 e. The number of nitrogens with two attached hydrogens (primary N) is 1. The number of ether oxygens (including phenoxy) is 2. The van der Waals surface area contributed by atoms with Crippen molar-refractivity contribution < 1.29 is 14.3 Å². The lowest BCUT2D eigenvalue weighted by atomic mass is 9.98. The van der Waals surface area contributed by atoms with E-state index in [2.05, 4.69) is 4.98 Å². The van der Waals surface area contributed by atoms with Crippen molar-refractivity contribution in [2.75, 3.05) is 0 Å². The Morgan fingerprint density at radius 3 is 2.76 bits per heavy atom. The standard InChI is InChI=1S/C20H24N2O3/c1-11(2)24-18-10-15-13(9-16(18)19(21)23)5-6-22-20(15)25-17-8-12-3-4-14(17)7-12/h5-6,9-12,14,17H,3-4,7-8H2,1-2H3,(H2,21,23)/t12-,14+,17+/m1/s1. The number of primary amides is 1. The van der Waals surface area contributed by atoms with Crippen LogP contribution in [0.5, 0.6) is 11.6 Å². The van der Waals surface area contributed by atoms with Crippen LogP contribution in [-0.2, 0) is 0 Å². The molecule has 0 unspecified atom stereocenters. The van der Waals surface area contributed by atoms with Crippen molar-refractivity contribution in [1.82, 2.24) is 4.98 Å². The van der Waals surface area contributed by atoms with Gasteiger partial charge in [0.05, 0.1) is 11.7 Å². The smallest absolute Gasteiger partial charge is 0.252 e. The lowest BCUT2D eigenvalue weighted by molar-refractivity contribution is 0.0994. The maximum absolute atomic E-state index is 11.8. The van der Waals surface area contributed by atoms with E-state index in [4.69, 9.17) is 15.2 Å². The maximum Gasteiger partial charge on any atom is 0.252 e. The van der Waals surface area contributed by atoms with E-state index in [1.807, 2.05) is 26.0 Å². The highest BCUT2D eigenvalue weighted by molar-refractivity contribution is 6.01. The van der Waals surface area contributed by atoms with E-state index >= 15 is 0 Å². The van der Waals surface area contributed by atoms with Crippen LogP contribution in [0.3, 0.4) is 0 Å². The van der Waals surface area contributed by atoms with Crippen LogP contribution in [0.1, 0.15) is 49.9 Å². The lowest BCUT2D eigenvalue weighted by Gasteiger charge is -2.23. The largest absolute Gasteiger partial charge is 0.490 e. The SMILES string of the molecule is CC(C)Oc1cc2c(O[C@H]3C[C@@H]4CC[C@H]3C4)nccc2cc1C(N)=O. The van der Waals surface area contributed by atoms with Gasteiger partial charge in [-0.15, -0.1) is 0 Å².